The fourth-order valence-electron chi connectivity index (χ4n) is 1.87. The normalized spacial score (nSPS) is 10.5. The number of aromatic nitrogens is 2. The Morgan fingerprint density at radius 2 is 2.21 bits per heavy atom. The third-order valence-electron chi connectivity index (χ3n) is 2.73. The third-order valence-corrected chi connectivity index (χ3v) is 2.73. The summed E-state index contributed by atoms with van der Waals surface area (Å²) in [5.74, 6) is -0.417. The van der Waals surface area contributed by atoms with Crippen LogP contribution in [-0.4, -0.2) is 9.97 Å². The summed E-state index contributed by atoms with van der Waals surface area (Å²) in [6.07, 6.45) is 1.20. The first kappa shape index (κ1) is 11.2. The molecule has 0 aliphatic carbocycles. The van der Waals surface area contributed by atoms with E-state index in [-0.39, 0.29) is 22.7 Å². The molecule has 0 fully saturated rings. The Kier molecular flexibility index (Phi) is 2.39. The highest BCUT2D eigenvalue weighted by atomic mass is 19.1. The Morgan fingerprint density at radius 1 is 1.37 bits per heavy atom. The first-order valence-electron chi connectivity index (χ1n) is 5.39. The van der Waals surface area contributed by atoms with Gasteiger partial charge in [-0.25, -0.2) is 14.4 Å². The zero-order valence-electron chi connectivity index (χ0n) is 9.59. The van der Waals surface area contributed by atoms with E-state index in [1.807, 2.05) is 6.07 Å². The van der Waals surface area contributed by atoms with Crippen molar-refractivity contribution in [3.05, 3.63) is 42.0 Å². The fraction of sp³-hybridized carbons (Fsp3) is 0. The summed E-state index contributed by atoms with van der Waals surface area (Å²) in [5.41, 5.74) is 7.50. The highest BCUT2D eigenvalue weighted by Gasteiger charge is 2.17. The number of nitriles is 1. The van der Waals surface area contributed by atoms with Crippen LogP contribution in [0.25, 0.3) is 22.5 Å². The maximum atomic E-state index is 13.3. The Labute approximate surface area is 107 Å². The van der Waals surface area contributed by atoms with Gasteiger partial charge in [-0.05, 0) is 12.1 Å². The number of rotatable bonds is 1. The standard InChI is InChI=1S/C13H7FN4O/c14-8-3-1-2-7(4-8)11-9(5-15)10(16)12-13(18-11)19-6-17-12/h1-4,6H,(H2,16,18). The third kappa shape index (κ3) is 1.68. The quantitative estimate of drug-likeness (QED) is 0.720. The van der Waals surface area contributed by atoms with Crippen LogP contribution in [0.15, 0.2) is 35.1 Å². The van der Waals surface area contributed by atoms with Crippen LogP contribution in [0.3, 0.4) is 0 Å². The van der Waals surface area contributed by atoms with Crippen LogP contribution in [0.4, 0.5) is 10.1 Å². The summed E-state index contributed by atoms with van der Waals surface area (Å²) in [4.78, 5) is 8.08. The molecule has 1 aromatic carbocycles. The van der Waals surface area contributed by atoms with Gasteiger partial charge in [-0.1, -0.05) is 12.1 Å². The second-order valence-electron chi connectivity index (χ2n) is 3.88. The molecule has 6 heteroatoms. The van der Waals surface area contributed by atoms with Gasteiger partial charge in [-0.2, -0.15) is 5.26 Å². The molecular weight excluding hydrogens is 247 g/mol. The summed E-state index contributed by atoms with van der Waals surface area (Å²) in [5, 5.41) is 9.20. The molecule has 2 N–H and O–H groups in total. The number of hydrogen-bond donors (Lipinski definition) is 1. The van der Waals surface area contributed by atoms with E-state index in [4.69, 9.17) is 10.2 Å². The minimum Gasteiger partial charge on any atom is -0.425 e. The number of halogens is 1. The van der Waals surface area contributed by atoms with Crippen molar-refractivity contribution < 1.29 is 8.81 Å². The van der Waals surface area contributed by atoms with Gasteiger partial charge < -0.3 is 10.2 Å². The monoisotopic (exact) mass is 254 g/mol. The van der Waals surface area contributed by atoms with E-state index in [9.17, 15) is 9.65 Å². The van der Waals surface area contributed by atoms with Crippen LogP contribution >= 0.6 is 0 Å². The molecule has 5 nitrogen and oxygen atoms in total. The topological polar surface area (TPSA) is 88.7 Å². The minimum absolute atomic E-state index is 0.159. The van der Waals surface area contributed by atoms with Crippen LogP contribution in [-0.2, 0) is 0 Å². The van der Waals surface area contributed by atoms with Crippen LogP contribution < -0.4 is 5.73 Å². The zero-order valence-corrected chi connectivity index (χ0v) is 9.59. The van der Waals surface area contributed by atoms with Crippen molar-refractivity contribution in [3.63, 3.8) is 0 Å². The molecule has 0 aliphatic rings. The number of nitrogen functional groups attached to an aromatic ring is 1. The minimum atomic E-state index is -0.417. The Hall–Kier alpha value is -2.94. The summed E-state index contributed by atoms with van der Waals surface area (Å²) < 4.78 is 18.4. The number of oxazole rings is 1. The highest BCUT2D eigenvalue weighted by Crippen LogP contribution is 2.30. The van der Waals surface area contributed by atoms with Gasteiger partial charge in [0.05, 0.1) is 11.4 Å². The SMILES string of the molecule is N#Cc1c(-c2cccc(F)c2)nc2ocnc2c1N. The first-order chi connectivity index (χ1) is 9.20. The number of nitrogens with zero attached hydrogens (tertiary/aromatic N) is 3. The Morgan fingerprint density at radius 3 is 2.95 bits per heavy atom. The van der Waals surface area contributed by atoms with Gasteiger partial charge in [0.2, 0.25) is 5.71 Å². The smallest absolute Gasteiger partial charge is 0.249 e. The molecule has 0 saturated heterocycles. The molecule has 0 amide bonds. The maximum Gasteiger partial charge on any atom is 0.249 e. The van der Waals surface area contributed by atoms with Gasteiger partial charge >= 0.3 is 0 Å². The lowest BCUT2D eigenvalue weighted by Gasteiger charge is -2.06. The predicted molar refractivity (Wildman–Crippen MR) is 66.3 cm³/mol. The Bertz CT molecular complexity index is 819. The second-order valence-corrected chi connectivity index (χ2v) is 3.88. The van der Waals surface area contributed by atoms with Crippen molar-refractivity contribution in [1.29, 1.82) is 5.26 Å². The molecule has 0 spiro atoms. The van der Waals surface area contributed by atoms with Gasteiger partial charge in [0.1, 0.15) is 17.4 Å². The summed E-state index contributed by atoms with van der Waals surface area (Å²) in [6.45, 7) is 0. The molecule has 92 valence electrons. The van der Waals surface area contributed by atoms with E-state index in [2.05, 4.69) is 9.97 Å². The molecule has 3 rings (SSSR count). The number of benzene rings is 1. The van der Waals surface area contributed by atoms with Crippen molar-refractivity contribution in [3.8, 4) is 17.3 Å². The van der Waals surface area contributed by atoms with Crippen molar-refractivity contribution in [2.75, 3.05) is 5.73 Å². The largest absolute Gasteiger partial charge is 0.425 e. The van der Waals surface area contributed by atoms with Gasteiger partial charge in [0, 0.05) is 5.56 Å². The van der Waals surface area contributed by atoms with Crippen LogP contribution in [0.1, 0.15) is 5.56 Å². The molecule has 0 radical (unpaired) electrons. The number of nitrogens with two attached hydrogens (primary N) is 1. The summed E-state index contributed by atoms with van der Waals surface area (Å²) >= 11 is 0. The van der Waals surface area contributed by atoms with Crippen molar-refractivity contribution in [1.82, 2.24) is 9.97 Å². The molecule has 2 heterocycles. The molecule has 2 aromatic heterocycles. The van der Waals surface area contributed by atoms with Gasteiger partial charge in [-0.15, -0.1) is 0 Å². The summed E-state index contributed by atoms with van der Waals surface area (Å²) in [7, 11) is 0. The molecule has 0 atom stereocenters. The van der Waals surface area contributed by atoms with Gasteiger partial charge in [0.15, 0.2) is 11.9 Å². The average molecular weight is 254 g/mol. The fourth-order valence-corrected chi connectivity index (χ4v) is 1.87. The molecule has 3 aromatic rings. The lowest BCUT2D eigenvalue weighted by molar-refractivity contribution is 0.591. The predicted octanol–water partition coefficient (Wildman–Crippen LogP) is 2.48. The van der Waals surface area contributed by atoms with Crippen LogP contribution in [0.2, 0.25) is 0 Å². The maximum absolute atomic E-state index is 13.3. The second kappa shape index (κ2) is 4.07. The zero-order chi connectivity index (χ0) is 13.4. The Balaban J connectivity index is 2.37. The van der Waals surface area contributed by atoms with Crippen LogP contribution in [0, 0.1) is 17.1 Å². The molecule has 0 saturated carbocycles. The molecule has 0 unspecified atom stereocenters. The van der Waals surface area contributed by atoms with E-state index >= 15 is 0 Å². The molecule has 0 aliphatic heterocycles. The van der Waals surface area contributed by atoms with E-state index in [1.165, 1.54) is 24.6 Å². The summed E-state index contributed by atoms with van der Waals surface area (Å²) in [6, 6.07) is 7.75. The van der Waals surface area contributed by atoms with Crippen molar-refractivity contribution in [2.24, 2.45) is 0 Å². The molecule has 0 bridgehead atoms. The number of hydrogen-bond acceptors (Lipinski definition) is 5. The number of anilines is 1. The van der Waals surface area contributed by atoms with Crippen molar-refractivity contribution in [2.45, 2.75) is 0 Å². The number of fused-ring (bicyclic) bond motifs is 1. The molecule has 19 heavy (non-hydrogen) atoms. The molecular formula is C13H7FN4O. The highest BCUT2D eigenvalue weighted by molar-refractivity contribution is 5.91. The van der Waals surface area contributed by atoms with E-state index in [0.29, 0.717) is 11.1 Å². The van der Waals surface area contributed by atoms with Crippen molar-refractivity contribution >= 4 is 16.9 Å². The first-order valence-corrected chi connectivity index (χ1v) is 5.39. The van der Waals surface area contributed by atoms with Crippen LogP contribution in [0.5, 0.6) is 0 Å². The van der Waals surface area contributed by atoms with Gasteiger partial charge in [-0.3, -0.25) is 0 Å². The van der Waals surface area contributed by atoms with Gasteiger partial charge in [0.25, 0.3) is 0 Å². The lowest BCUT2D eigenvalue weighted by atomic mass is 10.0. The van der Waals surface area contributed by atoms with E-state index < -0.39 is 5.82 Å². The van der Waals surface area contributed by atoms with E-state index in [1.54, 1.807) is 6.07 Å². The average Bonchev–Trinajstić information content (AvgIpc) is 2.87. The lowest BCUT2D eigenvalue weighted by Crippen LogP contribution is -1.98. The van der Waals surface area contributed by atoms with E-state index in [0.717, 1.165) is 0 Å². The number of pyridine rings is 1.